The molecule has 0 spiro atoms. The highest BCUT2D eigenvalue weighted by Crippen LogP contribution is 2.28. The predicted octanol–water partition coefficient (Wildman–Crippen LogP) is 5.23. The van der Waals surface area contributed by atoms with E-state index in [0.29, 0.717) is 0 Å². The maximum Gasteiger partial charge on any atom is 0.237 e. The number of hydrogen-bond acceptors (Lipinski definition) is 3. The molecule has 2 rings (SSSR count). The fourth-order valence-corrected chi connectivity index (χ4v) is 3.59. The second-order valence-corrected chi connectivity index (χ2v) is 7.71. The first-order valence-electron chi connectivity index (χ1n) is 7.36. The molecule has 2 aromatic rings. The normalized spacial score (nSPS) is 12.0. The molecule has 4 heteroatoms. The van der Waals surface area contributed by atoms with E-state index >= 15 is 0 Å². The van der Waals surface area contributed by atoms with Crippen LogP contribution in [0.25, 0.3) is 0 Å². The van der Waals surface area contributed by atoms with Crippen molar-refractivity contribution in [2.24, 2.45) is 0 Å². The standard InChI is InChI=1S/C18H21NOS2/c1-4-21-17-8-6-5-7-16(17)19-18(20)14(3)22-15-11-9-13(2)10-12-15/h5-12,14H,4H2,1-3H3,(H,19,20)/t14-/m0/s1. The smallest absolute Gasteiger partial charge is 0.237 e. The van der Waals surface area contributed by atoms with E-state index in [0.717, 1.165) is 21.2 Å². The third-order valence-electron chi connectivity index (χ3n) is 3.15. The molecule has 1 amide bonds. The van der Waals surface area contributed by atoms with Crippen molar-refractivity contribution in [1.29, 1.82) is 0 Å². The summed E-state index contributed by atoms with van der Waals surface area (Å²) in [6.07, 6.45) is 0. The van der Waals surface area contributed by atoms with Gasteiger partial charge in [0.1, 0.15) is 0 Å². The summed E-state index contributed by atoms with van der Waals surface area (Å²) >= 11 is 3.32. The van der Waals surface area contributed by atoms with Gasteiger partial charge in [-0.25, -0.2) is 0 Å². The minimum Gasteiger partial charge on any atom is -0.324 e. The van der Waals surface area contributed by atoms with Crippen LogP contribution in [0.3, 0.4) is 0 Å². The minimum absolute atomic E-state index is 0.0368. The van der Waals surface area contributed by atoms with Crippen molar-refractivity contribution in [2.75, 3.05) is 11.1 Å². The summed E-state index contributed by atoms with van der Waals surface area (Å²) in [5.74, 6) is 1.02. The topological polar surface area (TPSA) is 29.1 Å². The Labute approximate surface area is 141 Å². The van der Waals surface area contributed by atoms with Crippen LogP contribution < -0.4 is 5.32 Å². The highest BCUT2D eigenvalue weighted by atomic mass is 32.2. The zero-order valence-corrected chi connectivity index (χ0v) is 14.8. The van der Waals surface area contributed by atoms with Crippen LogP contribution in [-0.2, 0) is 4.79 Å². The van der Waals surface area contributed by atoms with Gasteiger partial charge in [0.05, 0.1) is 10.9 Å². The lowest BCUT2D eigenvalue weighted by Crippen LogP contribution is -2.22. The van der Waals surface area contributed by atoms with Crippen LogP contribution in [0.1, 0.15) is 19.4 Å². The van der Waals surface area contributed by atoms with Gasteiger partial charge in [-0.05, 0) is 43.9 Å². The maximum atomic E-state index is 12.4. The second-order valence-electron chi connectivity index (χ2n) is 4.99. The van der Waals surface area contributed by atoms with Crippen LogP contribution >= 0.6 is 23.5 Å². The molecule has 0 aliphatic carbocycles. The molecule has 1 N–H and O–H groups in total. The van der Waals surface area contributed by atoms with E-state index in [9.17, 15) is 4.79 Å². The summed E-state index contributed by atoms with van der Waals surface area (Å²) in [5.41, 5.74) is 2.13. The zero-order valence-electron chi connectivity index (χ0n) is 13.1. The molecule has 22 heavy (non-hydrogen) atoms. The Kier molecular flexibility index (Phi) is 6.40. The quantitative estimate of drug-likeness (QED) is 0.735. The van der Waals surface area contributed by atoms with Gasteiger partial charge in [0.2, 0.25) is 5.91 Å². The number of benzene rings is 2. The zero-order chi connectivity index (χ0) is 15.9. The van der Waals surface area contributed by atoms with Crippen LogP contribution in [0.15, 0.2) is 58.3 Å². The highest BCUT2D eigenvalue weighted by Gasteiger charge is 2.15. The molecule has 2 aromatic carbocycles. The number of aryl methyl sites for hydroxylation is 1. The molecule has 0 unspecified atom stereocenters. The lowest BCUT2D eigenvalue weighted by molar-refractivity contribution is -0.115. The number of nitrogens with one attached hydrogen (secondary N) is 1. The van der Waals surface area contributed by atoms with Crippen molar-refractivity contribution in [3.8, 4) is 0 Å². The Morgan fingerprint density at radius 1 is 1.14 bits per heavy atom. The summed E-state index contributed by atoms with van der Waals surface area (Å²) < 4.78 is 0. The van der Waals surface area contributed by atoms with E-state index < -0.39 is 0 Å². The predicted molar refractivity (Wildman–Crippen MR) is 98.0 cm³/mol. The molecule has 2 nitrogen and oxygen atoms in total. The van der Waals surface area contributed by atoms with E-state index in [1.807, 2.05) is 31.2 Å². The van der Waals surface area contributed by atoms with Gasteiger partial charge in [0.25, 0.3) is 0 Å². The molecule has 0 aliphatic rings. The molecule has 0 saturated carbocycles. The van der Waals surface area contributed by atoms with Gasteiger partial charge in [-0.3, -0.25) is 4.79 Å². The fraction of sp³-hybridized carbons (Fsp3) is 0.278. The molecular formula is C18H21NOS2. The van der Waals surface area contributed by atoms with Crippen molar-refractivity contribution in [2.45, 2.75) is 35.8 Å². The maximum absolute atomic E-state index is 12.4. The van der Waals surface area contributed by atoms with E-state index in [1.54, 1.807) is 23.5 Å². The summed E-state index contributed by atoms with van der Waals surface area (Å²) in [4.78, 5) is 14.6. The number of hydrogen-bond donors (Lipinski definition) is 1. The van der Waals surface area contributed by atoms with Crippen LogP contribution in [0.5, 0.6) is 0 Å². The summed E-state index contributed by atoms with van der Waals surface area (Å²) in [6, 6.07) is 16.2. The van der Waals surface area contributed by atoms with Crippen LogP contribution in [0.2, 0.25) is 0 Å². The number of thioether (sulfide) groups is 2. The van der Waals surface area contributed by atoms with Crippen molar-refractivity contribution in [3.05, 3.63) is 54.1 Å². The number of para-hydroxylation sites is 1. The molecule has 0 fully saturated rings. The minimum atomic E-state index is -0.137. The Hall–Kier alpha value is -1.39. The first kappa shape index (κ1) is 17.0. The average Bonchev–Trinajstić information content (AvgIpc) is 2.51. The number of carbonyl (C=O) groups is 1. The van der Waals surface area contributed by atoms with Gasteiger partial charge in [-0.15, -0.1) is 23.5 Å². The number of anilines is 1. The van der Waals surface area contributed by atoms with E-state index in [-0.39, 0.29) is 11.2 Å². The molecule has 0 saturated heterocycles. The summed E-state index contributed by atoms with van der Waals surface area (Å²) in [7, 11) is 0. The Morgan fingerprint density at radius 3 is 2.50 bits per heavy atom. The van der Waals surface area contributed by atoms with Crippen molar-refractivity contribution < 1.29 is 4.79 Å². The van der Waals surface area contributed by atoms with Crippen molar-refractivity contribution in [1.82, 2.24) is 0 Å². The van der Waals surface area contributed by atoms with Gasteiger partial charge in [0, 0.05) is 9.79 Å². The third-order valence-corrected chi connectivity index (χ3v) is 5.22. The van der Waals surface area contributed by atoms with Gasteiger partial charge < -0.3 is 5.32 Å². The third kappa shape index (κ3) is 4.82. The number of rotatable bonds is 6. The molecule has 116 valence electrons. The highest BCUT2D eigenvalue weighted by molar-refractivity contribution is 8.00. The SMILES string of the molecule is CCSc1ccccc1NC(=O)[C@H](C)Sc1ccc(C)cc1. The largest absolute Gasteiger partial charge is 0.324 e. The fourth-order valence-electron chi connectivity index (χ4n) is 1.96. The average molecular weight is 332 g/mol. The monoisotopic (exact) mass is 331 g/mol. The summed E-state index contributed by atoms with van der Waals surface area (Å²) in [5, 5.41) is 2.91. The van der Waals surface area contributed by atoms with Gasteiger partial charge in [0.15, 0.2) is 0 Å². The Morgan fingerprint density at radius 2 is 1.82 bits per heavy atom. The lowest BCUT2D eigenvalue weighted by Gasteiger charge is -2.14. The number of carbonyl (C=O) groups excluding carboxylic acids is 1. The first-order chi connectivity index (χ1) is 10.6. The van der Waals surface area contributed by atoms with Crippen LogP contribution in [0.4, 0.5) is 5.69 Å². The molecular weight excluding hydrogens is 310 g/mol. The van der Waals surface area contributed by atoms with E-state index in [2.05, 4.69) is 43.4 Å². The summed E-state index contributed by atoms with van der Waals surface area (Å²) in [6.45, 7) is 6.11. The van der Waals surface area contributed by atoms with E-state index in [4.69, 9.17) is 0 Å². The van der Waals surface area contributed by atoms with Crippen molar-refractivity contribution >= 4 is 35.1 Å². The van der Waals surface area contributed by atoms with Crippen LogP contribution in [-0.4, -0.2) is 16.9 Å². The molecule has 0 bridgehead atoms. The second kappa shape index (κ2) is 8.30. The molecule has 0 heterocycles. The molecule has 0 aliphatic heterocycles. The van der Waals surface area contributed by atoms with Gasteiger partial charge >= 0.3 is 0 Å². The molecule has 0 radical (unpaired) electrons. The van der Waals surface area contributed by atoms with E-state index in [1.165, 1.54) is 5.56 Å². The van der Waals surface area contributed by atoms with Gasteiger partial charge in [-0.2, -0.15) is 0 Å². The molecule has 1 atom stereocenters. The molecule has 0 aromatic heterocycles. The van der Waals surface area contributed by atoms with Gasteiger partial charge in [-0.1, -0.05) is 36.8 Å². The van der Waals surface area contributed by atoms with Crippen LogP contribution in [0, 0.1) is 6.92 Å². The van der Waals surface area contributed by atoms with Crippen molar-refractivity contribution in [3.63, 3.8) is 0 Å². The number of amides is 1. The Balaban J connectivity index is 2.01. The first-order valence-corrected chi connectivity index (χ1v) is 9.22. The lowest BCUT2D eigenvalue weighted by atomic mass is 10.2. The Bertz CT molecular complexity index is 625.